The Kier molecular flexibility index (Phi) is 5.77. The van der Waals surface area contributed by atoms with E-state index >= 15 is 0 Å². The predicted molar refractivity (Wildman–Crippen MR) is 102 cm³/mol. The normalized spacial score (nSPS) is 20.6. The SMILES string of the molecule is CC(C)c1ccc(S(=O)(=O)NCC2CCN(S(=O)(=O)C3CC3)CC2)cc1. The first kappa shape index (κ1) is 19.8. The lowest BCUT2D eigenvalue weighted by atomic mass is 9.99. The Labute approximate surface area is 157 Å². The molecule has 1 aliphatic heterocycles. The summed E-state index contributed by atoms with van der Waals surface area (Å²) in [7, 11) is -6.64. The first-order chi connectivity index (χ1) is 12.2. The van der Waals surface area contributed by atoms with Crippen LogP contribution in [0.15, 0.2) is 29.2 Å². The van der Waals surface area contributed by atoms with E-state index in [-0.39, 0.29) is 16.1 Å². The van der Waals surface area contributed by atoms with Gasteiger partial charge in [-0.3, -0.25) is 0 Å². The Morgan fingerprint density at radius 3 is 2.08 bits per heavy atom. The van der Waals surface area contributed by atoms with Crippen LogP contribution in [0, 0.1) is 5.92 Å². The maximum absolute atomic E-state index is 12.5. The second-order valence-corrected chi connectivity index (χ2v) is 11.6. The first-order valence-corrected chi connectivity index (χ1v) is 12.3. The Balaban J connectivity index is 1.52. The van der Waals surface area contributed by atoms with Crippen LogP contribution in [0.25, 0.3) is 0 Å². The van der Waals surface area contributed by atoms with Crippen LogP contribution >= 0.6 is 0 Å². The third kappa shape index (κ3) is 4.47. The van der Waals surface area contributed by atoms with Crippen molar-refractivity contribution < 1.29 is 16.8 Å². The molecule has 6 nitrogen and oxygen atoms in total. The van der Waals surface area contributed by atoms with Gasteiger partial charge in [-0.15, -0.1) is 0 Å². The molecule has 0 unspecified atom stereocenters. The minimum absolute atomic E-state index is 0.172. The number of rotatable bonds is 7. The zero-order valence-electron chi connectivity index (χ0n) is 15.4. The van der Waals surface area contributed by atoms with Crippen molar-refractivity contribution >= 4 is 20.0 Å². The average Bonchev–Trinajstić information content (AvgIpc) is 3.46. The third-order valence-electron chi connectivity index (χ3n) is 5.30. The molecule has 0 bridgehead atoms. The fraction of sp³-hybridized carbons (Fsp3) is 0.667. The molecule has 1 aromatic carbocycles. The monoisotopic (exact) mass is 400 g/mol. The van der Waals surface area contributed by atoms with E-state index in [0.717, 1.165) is 18.4 Å². The molecule has 146 valence electrons. The molecule has 0 spiro atoms. The van der Waals surface area contributed by atoms with Crippen molar-refractivity contribution in [1.29, 1.82) is 0 Å². The fourth-order valence-corrected chi connectivity index (χ4v) is 6.28. The van der Waals surface area contributed by atoms with Gasteiger partial charge < -0.3 is 0 Å². The van der Waals surface area contributed by atoms with E-state index < -0.39 is 20.0 Å². The Hall–Kier alpha value is -0.960. The Morgan fingerprint density at radius 1 is 1.00 bits per heavy atom. The quantitative estimate of drug-likeness (QED) is 0.761. The molecule has 2 fully saturated rings. The molecular formula is C18H28N2O4S2. The summed E-state index contributed by atoms with van der Waals surface area (Å²) in [4.78, 5) is 0.274. The third-order valence-corrected chi connectivity index (χ3v) is 9.14. The van der Waals surface area contributed by atoms with Gasteiger partial charge in [-0.2, -0.15) is 0 Å². The number of nitrogens with zero attached hydrogens (tertiary/aromatic N) is 1. The molecule has 0 atom stereocenters. The van der Waals surface area contributed by atoms with Crippen molar-refractivity contribution in [2.45, 2.75) is 55.6 Å². The van der Waals surface area contributed by atoms with Crippen LogP contribution in [0.1, 0.15) is 51.0 Å². The molecule has 3 rings (SSSR count). The van der Waals surface area contributed by atoms with Crippen LogP contribution in [0.4, 0.5) is 0 Å². The molecule has 0 amide bonds. The number of nitrogens with one attached hydrogen (secondary N) is 1. The molecular weight excluding hydrogens is 372 g/mol. The molecule has 8 heteroatoms. The van der Waals surface area contributed by atoms with Crippen LogP contribution in [0.2, 0.25) is 0 Å². The van der Waals surface area contributed by atoms with Gasteiger partial charge in [0.05, 0.1) is 10.1 Å². The van der Waals surface area contributed by atoms with Gasteiger partial charge in [-0.1, -0.05) is 26.0 Å². The molecule has 1 aromatic rings. The molecule has 1 heterocycles. The Bertz CT molecular complexity index is 820. The van der Waals surface area contributed by atoms with Crippen LogP contribution in [-0.4, -0.2) is 46.0 Å². The highest BCUT2D eigenvalue weighted by atomic mass is 32.2. The molecule has 0 radical (unpaired) electrons. The van der Waals surface area contributed by atoms with E-state index in [1.54, 1.807) is 16.4 Å². The maximum atomic E-state index is 12.5. The van der Waals surface area contributed by atoms with Crippen molar-refractivity contribution in [3.63, 3.8) is 0 Å². The van der Waals surface area contributed by atoms with Gasteiger partial charge >= 0.3 is 0 Å². The molecule has 1 N–H and O–H groups in total. The summed E-state index contributed by atoms with van der Waals surface area (Å²) in [6.45, 7) is 5.48. The second kappa shape index (κ2) is 7.58. The van der Waals surface area contributed by atoms with Crippen molar-refractivity contribution in [1.82, 2.24) is 9.03 Å². The van der Waals surface area contributed by atoms with E-state index in [1.807, 2.05) is 12.1 Å². The zero-order chi connectivity index (χ0) is 18.9. The van der Waals surface area contributed by atoms with Gasteiger partial charge in [-0.25, -0.2) is 25.9 Å². The standard InChI is InChI=1S/C18H28N2O4S2/c1-14(2)16-3-5-17(6-4-16)25(21,22)19-13-15-9-11-20(12-10-15)26(23,24)18-7-8-18/h3-6,14-15,18-19H,7-13H2,1-2H3. The number of hydrogen-bond acceptors (Lipinski definition) is 4. The average molecular weight is 401 g/mol. The lowest BCUT2D eigenvalue weighted by Crippen LogP contribution is -2.42. The van der Waals surface area contributed by atoms with Crippen LogP contribution in [0.3, 0.4) is 0 Å². The number of hydrogen-bond donors (Lipinski definition) is 1. The van der Waals surface area contributed by atoms with E-state index in [0.29, 0.717) is 38.4 Å². The zero-order valence-corrected chi connectivity index (χ0v) is 17.0. The fourth-order valence-electron chi connectivity index (χ4n) is 3.29. The molecule has 26 heavy (non-hydrogen) atoms. The van der Waals surface area contributed by atoms with Crippen LogP contribution in [-0.2, 0) is 20.0 Å². The van der Waals surface area contributed by atoms with Crippen molar-refractivity contribution in [3.8, 4) is 0 Å². The van der Waals surface area contributed by atoms with Crippen molar-refractivity contribution in [3.05, 3.63) is 29.8 Å². The molecule has 1 aliphatic carbocycles. The highest BCUT2D eigenvalue weighted by Crippen LogP contribution is 2.33. The summed E-state index contributed by atoms with van der Waals surface area (Å²) >= 11 is 0. The second-order valence-electron chi connectivity index (χ2n) is 7.66. The van der Waals surface area contributed by atoms with E-state index in [9.17, 15) is 16.8 Å². The van der Waals surface area contributed by atoms with Gasteiger partial charge in [0.15, 0.2) is 0 Å². The maximum Gasteiger partial charge on any atom is 0.240 e. The number of piperidine rings is 1. The summed E-state index contributed by atoms with van der Waals surface area (Å²) < 4.78 is 53.7. The summed E-state index contributed by atoms with van der Waals surface area (Å²) in [5.74, 6) is 0.530. The van der Waals surface area contributed by atoms with Gasteiger partial charge in [0, 0.05) is 19.6 Å². The van der Waals surface area contributed by atoms with Gasteiger partial charge in [0.1, 0.15) is 0 Å². The smallest absolute Gasteiger partial charge is 0.212 e. The van der Waals surface area contributed by atoms with Gasteiger partial charge in [0.25, 0.3) is 0 Å². The largest absolute Gasteiger partial charge is 0.240 e. The van der Waals surface area contributed by atoms with Gasteiger partial charge in [-0.05, 0) is 55.2 Å². The first-order valence-electron chi connectivity index (χ1n) is 9.29. The van der Waals surface area contributed by atoms with Crippen molar-refractivity contribution in [2.75, 3.05) is 19.6 Å². The lowest BCUT2D eigenvalue weighted by Gasteiger charge is -2.31. The Morgan fingerprint density at radius 2 is 1.58 bits per heavy atom. The highest BCUT2D eigenvalue weighted by molar-refractivity contribution is 7.90. The summed E-state index contributed by atoms with van der Waals surface area (Å²) in [5.41, 5.74) is 1.10. The number of benzene rings is 1. The minimum atomic E-state index is -3.53. The van der Waals surface area contributed by atoms with Crippen molar-refractivity contribution in [2.24, 2.45) is 5.92 Å². The summed E-state index contributed by atoms with van der Waals surface area (Å²) in [6.07, 6.45) is 2.94. The lowest BCUT2D eigenvalue weighted by molar-refractivity contribution is 0.274. The van der Waals surface area contributed by atoms with E-state index in [4.69, 9.17) is 0 Å². The molecule has 0 aromatic heterocycles. The topological polar surface area (TPSA) is 83.6 Å². The van der Waals surface area contributed by atoms with Crippen LogP contribution in [0.5, 0.6) is 0 Å². The van der Waals surface area contributed by atoms with Gasteiger partial charge in [0.2, 0.25) is 20.0 Å². The number of sulfonamides is 2. The van der Waals surface area contributed by atoms with E-state index in [1.165, 1.54) is 0 Å². The molecule has 1 saturated carbocycles. The van der Waals surface area contributed by atoms with Crippen LogP contribution < -0.4 is 4.72 Å². The summed E-state index contributed by atoms with van der Waals surface area (Å²) in [5, 5.41) is -0.175. The molecule has 2 aliphatic rings. The predicted octanol–water partition coefficient (Wildman–Crippen LogP) is 2.29. The summed E-state index contributed by atoms with van der Waals surface area (Å²) in [6, 6.07) is 6.98. The highest BCUT2D eigenvalue weighted by Gasteiger charge is 2.41. The molecule has 1 saturated heterocycles. The minimum Gasteiger partial charge on any atom is -0.212 e. The van der Waals surface area contributed by atoms with E-state index in [2.05, 4.69) is 18.6 Å².